The highest BCUT2D eigenvalue weighted by atomic mass is 16.3. The fourth-order valence-electron chi connectivity index (χ4n) is 1.86. The van der Waals surface area contributed by atoms with Crippen molar-refractivity contribution in [3.05, 3.63) is 23.3 Å². The summed E-state index contributed by atoms with van der Waals surface area (Å²) in [6.07, 6.45) is 6.39. The van der Waals surface area contributed by atoms with Gasteiger partial charge in [0.25, 0.3) is 0 Å². The number of unbranched alkanes of at least 4 members (excludes halogenated alkanes) is 1. The fourth-order valence-corrected chi connectivity index (χ4v) is 1.86. The molecule has 0 aliphatic heterocycles. The van der Waals surface area contributed by atoms with Crippen molar-refractivity contribution in [1.82, 2.24) is 0 Å². The first-order valence-electron chi connectivity index (χ1n) is 5.39. The Bertz CT molecular complexity index is 225. The van der Waals surface area contributed by atoms with Gasteiger partial charge in [0, 0.05) is 0 Å². The second kappa shape index (κ2) is 5.32. The van der Waals surface area contributed by atoms with E-state index in [2.05, 4.69) is 6.92 Å². The number of hydrogen-bond donors (Lipinski definition) is 2. The van der Waals surface area contributed by atoms with Gasteiger partial charge in [0.05, 0.1) is 12.2 Å². The molecule has 0 saturated heterocycles. The summed E-state index contributed by atoms with van der Waals surface area (Å²) in [5.41, 5.74) is 1.97. The molecule has 1 aliphatic rings. The molecular formula is C12H20O2. The minimum absolute atomic E-state index is 0.475. The molecule has 0 radical (unpaired) electrons. The van der Waals surface area contributed by atoms with Crippen molar-refractivity contribution in [3.8, 4) is 0 Å². The Kier molecular flexibility index (Phi) is 4.36. The van der Waals surface area contributed by atoms with Gasteiger partial charge in [0.15, 0.2) is 0 Å². The molecule has 0 unspecified atom stereocenters. The van der Waals surface area contributed by atoms with E-state index in [1.165, 1.54) is 0 Å². The Balaban J connectivity index is 2.70. The van der Waals surface area contributed by atoms with E-state index in [0.717, 1.165) is 24.0 Å². The van der Waals surface area contributed by atoms with Gasteiger partial charge in [-0.25, -0.2) is 0 Å². The maximum Gasteiger partial charge on any atom is 0.0812 e. The van der Waals surface area contributed by atoms with E-state index >= 15 is 0 Å². The topological polar surface area (TPSA) is 40.5 Å². The molecule has 2 atom stereocenters. The highest BCUT2D eigenvalue weighted by Crippen LogP contribution is 2.28. The number of aliphatic hydroxyl groups is 2. The van der Waals surface area contributed by atoms with E-state index in [9.17, 15) is 10.2 Å². The van der Waals surface area contributed by atoms with Crippen LogP contribution < -0.4 is 0 Å². The van der Waals surface area contributed by atoms with Gasteiger partial charge in [-0.1, -0.05) is 31.1 Å². The summed E-state index contributed by atoms with van der Waals surface area (Å²) in [7, 11) is 0. The average Bonchev–Trinajstić information content (AvgIpc) is 2.16. The predicted octanol–water partition coefficient (Wildman–Crippen LogP) is 2.17. The van der Waals surface area contributed by atoms with Crippen molar-refractivity contribution in [2.45, 2.75) is 51.7 Å². The largest absolute Gasteiger partial charge is 0.388 e. The van der Waals surface area contributed by atoms with Crippen molar-refractivity contribution in [1.29, 1.82) is 0 Å². The minimum atomic E-state index is -0.475. The zero-order valence-electron chi connectivity index (χ0n) is 9.03. The van der Waals surface area contributed by atoms with Crippen molar-refractivity contribution < 1.29 is 10.2 Å². The van der Waals surface area contributed by atoms with Crippen LogP contribution in [0.3, 0.4) is 0 Å². The lowest BCUT2D eigenvalue weighted by Gasteiger charge is -2.28. The smallest absolute Gasteiger partial charge is 0.0812 e. The number of rotatable bonds is 2. The maximum atomic E-state index is 9.80. The van der Waals surface area contributed by atoms with Crippen LogP contribution in [-0.4, -0.2) is 22.4 Å². The van der Waals surface area contributed by atoms with E-state index in [-0.39, 0.29) is 0 Å². The molecular weight excluding hydrogens is 176 g/mol. The molecule has 80 valence electrons. The first-order chi connectivity index (χ1) is 6.69. The molecule has 1 rings (SSSR count). The predicted molar refractivity (Wildman–Crippen MR) is 58.0 cm³/mol. The van der Waals surface area contributed by atoms with Crippen LogP contribution in [0.5, 0.6) is 0 Å². The lowest BCUT2D eigenvalue weighted by atomic mass is 9.85. The summed E-state index contributed by atoms with van der Waals surface area (Å²) in [5.74, 6) is 0. The van der Waals surface area contributed by atoms with Gasteiger partial charge in [0.1, 0.15) is 0 Å². The molecule has 0 amide bonds. The highest BCUT2D eigenvalue weighted by molar-refractivity contribution is 5.25. The van der Waals surface area contributed by atoms with Gasteiger partial charge >= 0.3 is 0 Å². The monoisotopic (exact) mass is 196 g/mol. The quantitative estimate of drug-likeness (QED) is 0.664. The summed E-state index contributed by atoms with van der Waals surface area (Å²) < 4.78 is 0. The van der Waals surface area contributed by atoms with Crippen LogP contribution in [0.1, 0.15) is 39.5 Å². The summed E-state index contributed by atoms with van der Waals surface area (Å²) in [5, 5.41) is 19.6. The summed E-state index contributed by atoms with van der Waals surface area (Å²) in [6, 6.07) is 0. The fraction of sp³-hybridized carbons (Fsp3) is 0.667. The third-order valence-corrected chi connectivity index (χ3v) is 2.76. The Labute approximate surface area is 86.0 Å². The van der Waals surface area contributed by atoms with Crippen molar-refractivity contribution in [2.75, 3.05) is 0 Å². The van der Waals surface area contributed by atoms with Crippen LogP contribution in [-0.2, 0) is 0 Å². The molecule has 0 bridgehead atoms. The van der Waals surface area contributed by atoms with Crippen molar-refractivity contribution >= 4 is 0 Å². The first kappa shape index (κ1) is 11.5. The van der Waals surface area contributed by atoms with Crippen LogP contribution in [0.15, 0.2) is 23.3 Å². The maximum absolute atomic E-state index is 9.80. The Morgan fingerprint density at radius 2 is 1.86 bits per heavy atom. The lowest BCUT2D eigenvalue weighted by Crippen LogP contribution is -2.28. The third-order valence-electron chi connectivity index (χ3n) is 2.76. The van der Waals surface area contributed by atoms with Crippen LogP contribution in [0.4, 0.5) is 0 Å². The SMILES string of the molecule is CC=C1C[C@@H](O)C(=CCCC)[C@H](O)C1. The molecule has 0 heterocycles. The van der Waals surface area contributed by atoms with Crippen molar-refractivity contribution in [3.63, 3.8) is 0 Å². The average molecular weight is 196 g/mol. The van der Waals surface area contributed by atoms with E-state index in [4.69, 9.17) is 0 Å². The van der Waals surface area contributed by atoms with Crippen LogP contribution >= 0.6 is 0 Å². The second-order valence-electron chi connectivity index (χ2n) is 3.88. The Hall–Kier alpha value is -0.600. The summed E-state index contributed by atoms with van der Waals surface area (Å²) in [6.45, 7) is 4.05. The molecule has 0 spiro atoms. The molecule has 2 N–H and O–H groups in total. The Morgan fingerprint density at radius 1 is 1.29 bits per heavy atom. The van der Waals surface area contributed by atoms with E-state index in [0.29, 0.717) is 12.8 Å². The molecule has 1 fully saturated rings. The standard InChI is InChI=1S/C12H20O2/c1-3-5-6-10-11(13)7-9(4-2)8-12(10)14/h4,6,11-14H,3,5,7-8H2,1-2H3/t11-,12-/m1/s1. The molecule has 0 aromatic heterocycles. The summed E-state index contributed by atoms with van der Waals surface area (Å²) in [4.78, 5) is 0. The van der Waals surface area contributed by atoms with Crippen LogP contribution in [0.2, 0.25) is 0 Å². The lowest BCUT2D eigenvalue weighted by molar-refractivity contribution is 0.122. The normalized spacial score (nSPS) is 27.7. The zero-order valence-corrected chi connectivity index (χ0v) is 9.03. The third kappa shape index (κ3) is 2.69. The van der Waals surface area contributed by atoms with Gasteiger partial charge < -0.3 is 10.2 Å². The molecule has 0 aromatic rings. The molecule has 1 aliphatic carbocycles. The van der Waals surface area contributed by atoms with Crippen LogP contribution in [0, 0.1) is 0 Å². The molecule has 1 saturated carbocycles. The van der Waals surface area contributed by atoms with E-state index in [1.807, 2.05) is 19.1 Å². The second-order valence-corrected chi connectivity index (χ2v) is 3.88. The molecule has 2 heteroatoms. The van der Waals surface area contributed by atoms with Gasteiger partial charge in [-0.15, -0.1) is 0 Å². The Morgan fingerprint density at radius 3 is 2.29 bits per heavy atom. The van der Waals surface area contributed by atoms with Gasteiger partial charge in [0.2, 0.25) is 0 Å². The number of allylic oxidation sites excluding steroid dienone is 2. The van der Waals surface area contributed by atoms with E-state index < -0.39 is 12.2 Å². The van der Waals surface area contributed by atoms with Gasteiger partial charge in [-0.3, -0.25) is 0 Å². The minimum Gasteiger partial charge on any atom is -0.388 e. The molecule has 14 heavy (non-hydrogen) atoms. The first-order valence-corrected chi connectivity index (χ1v) is 5.39. The van der Waals surface area contributed by atoms with Gasteiger partial charge in [-0.2, -0.15) is 0 Å². The van der Waals surface area contributed by atoms with Crippen molar-refractivity contribution in [2.24, 2.45) is 0 Å². The molecule has 2 nitrogen and oxygen atoms in total. The number of aliphatic hydroxyl groups excluding tert-OH is 2. The zero-order chi connectivity index (χ0) is 10.6. The number of hydrogen-bond acceptors (Lipinski definition) is 2. The summed E-state index contributed by atoms with van der Waals surface area (Å²) >= 11 is 0. The van der Waals surface area contributed by atoms with Crippen LogP contribution in [0.25, 0.3) is 0 Å². The van der Waals surface area contributed by atoms with Gasteiger partial charge in [-0.05, 0) is 31.8 Å². The highest BCUT2D eigenvalue weighted by Gasteiger charge is 2.26. The van der Waals surface area contributed by atoms with E-state index in [1.54, 1.807) is 0 Å². The molecule has 0 aromatic carbocycles.